The standard InChI is InChI=1S/C10H13N.C9H10/c1-2-7-10-9(5-1)6-3-4-8-11-10;1-2-5-9-7-3-6-8(9)4-1/h1-2,5,7,11H,3-4,6,8H2;1-2,4-5H,3,6-7H2. The average molecular weight is 265 g/mol. The van der Waals surface area contributed by atoms with E-state index in [-0.39, 0.29) is 0 Å². The molecule has 2 aromatic carbocycles. The van der Waals surface area contributed by atoms with Gasteiger partial charge in [0.1, 0.15) is 0 Å². The van der Waals surface area contributed by atoms with E-state index in [4.69, 9.17) is 0 Å². The lowest BCUT2D eigenvalue weighted by Crippen LogP contribution is -1.98. The number of anilines is 1. The zero-order chi connectivity index (χ0) is 13.6. The second kappa shape index (κ2) is 6.60. The Labute approximate surface area is 122 Å². The number of nitrogens with one attached hydrogen (secondary N) is 1. The van der Waals surface area contributed by atoms with Crippen molar-refractivity contribution in [3.63, 3.8) is 0 Å². The Morgan fingerprint density at radius 2 is 1.20 bits per heavy atom. The molecule has 0 saturated heterocycles. The third kappa shape index (κ3) is 3.22. The zero-order valence-corrected chi connectivity index (χ0v) is 12.1. The fraction of sp³-hybridized carbons (Fsp3) is 0.368. The van der Waals surface area contributed by atoms with E-state index in [1.54, 1.807) is 11.1 Å². The first-order valence-electron chi connectivity index (χ1n) is 7.82. The maximum atomic E-state index is 3.43. The highest BCUT2D eigenvalue weighted by Gasteiger charge is 2.07. The molecule has 0 bridgehead atoms. The van der Waals surface area contributed by atoms with Crippen molar-refractivity contribution in [3.05, 3.63) is 65.2 Å². The van der Waals surface area contributed by atoms with Crippen LogP contribution in [0, 0.1) is 0 Å². The lowest BCUT2D eigenvalue weighted by molar-refractivity contribution is 0.785. The molecule has 0 spiro atoms. The zero-order valence-electron chi connectivity index (χ0n) is 12.1. The van der Waals surface area contributed by atoms with Crippen LogP contribution in [-0.2, 0) is 19.3 Å². The van der Waals surface area contributed by atoms with E-state index in [1.165, 1.54) is 49.8 Å². The van der Waals surface area contributed by atoms with E-state index in [9.17, 15) is 0 Å². The molecule has 0 fully saturated rings. The fourth-order valence-electron chi connectivity index (χ4n) is 3.09. The largest absolute Gasteiger partial charge is 0.385 e. The summed E-state index contributed by atoms with van der Waals surface area (Å²) in [4.78, 5) is 0. The maximum absolute atomic E-state index is 3.43. The van der Waals surface area contributed by atoms with E-state index in [0.717, 1.165) is 6.54 Å². The van der Waals surface area contributed by atoms with Crippen LogP contribution in [0.2, 0.25) is 0 Å². The van der Waals surface area contributed by atoms with E-state index < -0.39 is 0 Å². The van der Waals surface area contributed by atoms with Crippen molar-refractivity contribution in [2.24, 2.45) is 0 Å². The molecule has 0 saturated carbocycles. The van der Waals surface area contributed by atoms with Gasteiger partial charge in [-0.1, -0.05) is 42.5 Å². The molecule has 104 valence electrons. The van der Waals surface area contributed by atoms with Crippen LogP contribution in [0.25, 0.3) is 0 Å². The minimum Gasteiger partial charge on any atom is -0.385 e. The van der Waals surface area contributed by atoms with Gasteiger partial charge in [0.2, 0.25) is 0 Å². The van der Waals surface area contributed by atoms with Gasteiger partial charge in [-0.3, -0.25) is 0 Å². The number of hydrogen-bond acceptors (Lipinski definition) is 1. The predicted octanol–water partition coefficient (Wildman–Crippen LogP) is 4.61. The third-order valence-electron chi connectivity index (χ3n) is 4.22. The van der Waals surface area contributed by atoms with Gasteiger partial charge in [-0.25, -0.2) is 0 Å². The van der Waals surface area contributed by atoms with Crippen LogP contribution in [-0.4, -0.2) is 6.54 Å². The number of rotatable bonds is 0. The first-order valence-corrected chi connectivity index (χ1v) is 7.82. The molecule has 1 heterocycles. The number of aryl methyl sites for hydroxylation is 3. The molecule has 1 nitrogen and oxygen atoms in total. The van der Waals surface area contributed by atoms with Crippen LogP contribution in [0.15, 0.2) is 48.5 Å². The molecular formula is C19H23N. The van der Waals surface area contributed by atoms with Gasteiger partial charge in [0, 0.05) is 12.2 Å². The summed E-state index contributed by atoms with van der Waals surface area (Å²) in [6.07, 6.45) is 7.83. The number of hydrogen-bond donors (Lipinski definition) is 1. The second-order valence-corrected chi connectivity index (χ2v) is 5.66. The average Bonchev–Trinajstić information content (AvgIpc) is 2.85. The molecule has 2 aliphatic rings. The summed E-state index contributed by atoms with van der Waals surface area (Å²) >= 11 is 0. The van der Waals surface area contributed by atoms with Crippen molar-refractivity contribution < 1.29 is 0 Å². The fourth-order valence-corrected chi connectivity index (χ4v) is 3.09. The number of para-hydroxylation sites is 1. The molecule has 20 heavy (non-hydrogen) atoms. The van der Waals surface area contributed by atoms with Crippen molar-refractivity contribution >= 4 is 5.69 Å². The molecule has 0 unspecified atom stereocenters. The first kappa shape index (κ1) is 13.2. The maximum Gasteiger partial charge on any atom is 0.0372 e. The van der Waals surface area contributed by atoms with Gasteiger partial charge in [0.15, 0.2) is 0 Å². The Hall–Kier alpha value is -1.76. The SMILES string of the molecule is c1ccc2c(c1)CCC2.c1ccc2c(c1)CCCCN2. The Balaban J connectivity index is 0.000000123. The van der Waals surface area contributed by atoms with Crippen LogP contribution in [0.4, 0.5) is 5.69 Å². The molecule has 0 amide bonds. The van der Waals surface area contributed by atoms with Gasteiger partial charge in [0.05, 0.1) is 0 Å². The molecule has 1 aliphatic heterocycles. The van der Waals surface area contributed by atoms with Crippen molar-refractivity contribution in [1.29, 1.82) is 0 Å². The Bertz CT molecular complexity index is 511. The van der Waals surface area contributed by atoms with Gasteiger partial charge in [0.25, 0.3) is 0 Å². The van der Waals surface area contributed by atoms with Gasteiger partial charge >= 0.3 is 0 Å². The Morgan fingerprint density at radius 3 is 1.95 bits per heavy atom. The molecular weight excluding hydrogens is 242 g/mol. The normalized spacial score (nSPS) is 16.0. The third-order valence-corrected chi connectivity index (χ3v) is 4.22. The molecule has 2 aromatic rings. The van der Waals surface area contributed by atoms with Gasteiger partial charge in [-0.15, -0.1) is 0 Å². The predicted molar refractivity (Wildman–Crippen MR) is 86.3 cm³/mol. The van der Waals surface area contributed by atoms with Crippen LogP contribution in [0.5, 0.6) is 0 Å². The molecule has 0 atom stereocenters. The van der Waals surface area contributed by atoms with E-state index in [0.29, 0.717) is 0 Å². The molecule has 0 radical (unpaired) electrons. The van der Waals surface area contributed by atoms with Crippen LogP contribution in [0.3, 0.4) is 0 Å². The Kier molecular flexibility index (Phi) is 4.37. The first-order chi connectivity index (χ1) is 9.93. The summed E-state index contributed by atoms with van der Waals surface area (Å²) in [5.74, 6) is 0. The van der Waals surface area contributed by atoms with Crippen LogP contribution >= 0.6 is 0 Å². The minimum atomic E-state index is 1.14. The highest BCUT2D eigenvalue weighted by molar-refractivity contribution is 5.51. The minimum absolute atomic E-state index is 1.14. The van der Waals surface area contributed by atoms with Gasteiger partial charge < -0.3 is 5.32 Å². The lowest BCUT2D eigenvalue weighted by Gasteiger charge is -2.04. The van der Waals surface area contributed by atoms with Crippen molar-refractivity contribution in [2.75, 3.05) is 11.9 Å². The molecule has 1 heteroatoms. The summed E-state index contributed by atoms with van der Waals surface area (Å²) in [5.41, 5.74) is 5.95. The highest BCUT2D eigenvalue weighted by atomic mass is 14.9. The van der Waals surface area contributed by atoms with Gasteiger partial charge in [-0.05, 0) is 61.3 Å². The van der Waals surface area contributed by atoms with Crippen LogP contribution < -0.4 is 5.32 Å². The van der Waals surface area contributed by atoms with Crippen molar-refractivity contribution in [1.82, 2.24) is 0 Å². The van der Waals surface area contributed by atoms with Gasteiger partial charge in [-0.2, -0.15) is 0 Å². The monoisotopic (exact) mass is 265 g/mol. The van der Waals surface area contributed by atoms with Crippen molar-refractivity contribution in [2.45, 2.75) is 38.5 Å². The highest BCUT2D eigenvalue weighted by Crippen LogP contribution is 2.20. The van der Waals surface area contributed by atoms with E-state index in [1.807, 2.05) is 0 Å². The summed E-state index contributed by atoms with van der Waals surface area (Å²) in [5, 5.41) is 3.43. The Morgan fingerprint density at radius 1 is 0.600 bits per heavy atom. The summed E-state index contributed by atoms with van der Waals surface area (Å²) in [6, 6.07) is 17.3. The van der Waals surface area contributed by atoms with E-state index >= 15 is 0 Å². The molecule has 0 aromatic heterocycles. The smallest absolute Gasteiger partial charge is 0.0372 e. The second-order valence-electron chi connectivity index (χ2n) is 5.66. The lowest BCUT2D eigenvalue weighted by atomic mass is 10.1. The summed E-state index contributed by atoms with van der Waals surface area (Å²) in [6.45, 7) is 1.14. The quantitative estimate of drug-likeness (QED) is 0.733. The summed E-state index contributed by atoms with van der Waals surface area (Å²) < 4.78 is 0. The topological polar surface area (TPSA) is 12.0 Å². The number of benzene rings is 2. The van der Waals surface area contributed by atoms with Crippen molar-refractivity contribution in [3.8, 4) is 0 Å². The van der Waals surface area contributed by atoms with E-state index in [2.05, 4.69) is 53.8 Å². The molecule has 1 N–H and O–H groups in total. The molecule has 4 rings (SSSR count). The number of fused-ring (bicyclic) bond motifs is 2. The molecule has 1 aliphatic carbocycles. The summed E-state index contributed by atoms with van der Waals surface area (Å²) in [7, 11) is 0. The van der Waals surface area contributed by atoms with Crippen LogP contribution in [0.1, 0.15) is 36.0 Å².